The van der Waals surface area contributed by atoms with Crippen LogP contribution in [0, 0.1) is 0 Å². The van der Waals surface area contributed by atoms with Crippen molar-refractivity contribution in [3.63, 3.8) is 0 Å². The SMILES string of the molecule is CC(N)(C(=O)O)c1cc(O)cc(O)c1. The van der Waals surface area contributed by atoms with Gasteiger partial charge in [-0.05, 0) is 24.6 Å². The average molecular weight is 197 g/mol. The fraction of sp³-hybridized carbons (Fsp3) is 0.222. The Morgan fingerprint density at radius 2 is 1.71 bits per heavy atom. The number of phenolic OH excluding ortho intramolecular Hbond substituents is 2. The molecular weight excluding hydrogens is 186 g/mol. The van der Waals surface area contributed by atoms with Gasteiger partial charge in [0.2, 0.25) is 0 Å². The molecule has 0 spiro atoms. The first-order valence-electron chi connectivity index (χ1n) is 3.90. The van der Waals surface area contributed by atoms with Crippen LogP contribution in [0.25, 0.3) is 0 Å². The fourth-order valence-corrected chi connectivity index (χ4v) is 1.02. The van der Waals surface area contributed by atoms with E-state index in [0.29, 0.717) is 0 Å². The van der Waals surface area contributed by atoms with E-state index in [-0.39, 0.29) is 17.1 Å². The molecule has 5 heteroatoms. The molecule has 1 rings (SSSR count). The van der Waals surface area contributed by atoms with Crippen LogP contribution < -0.4 is 5.73 Å². The Hall–Kier alpha value is -1.75. The van der Waals surface area contributed by atoms with Gasteiger partial charge in [-0.2, -0.15) is 0 Å². The van der Waals surface area contributed by atoms with Crippen molar-refractivity contribution in [2.24, 2.45) is 5.73 Å². The second-order valence-corrected chi connectivity index (χ2v) is 3.25. The van der Waals surface area contributed by atoms with Crippen LogP contribution >= 0.6 is 0 Å². The van der Waals surface area contributed by atoms with Gasteiger partial charge in [0.25, 0.3) is 0 Å². The molecule has 0 radical (unpaired) electrons. The smallest absolute Gasteiger partial charge is 0.328 e. The number of nitrogens with two attached hydrogens (primary N) is 1. The van der Waals surface area contributed by atoms with Crippen LogP contribution in [-0.2, 0) is 10.3 Å². The highest BCUT2D eigenvalue weighted by atomic mass is 16.4. The van der Waals surface area contributed by atoms with Gasteiger partial charge in [-0.1, -0.05) is 0 Å². The van der Waals surface area contributed by atoms with E-state index < -0.39 is 11.5 Å². The van der Waals surface area contributed by atoms with Crippen molar-refractivity contribution < 1.29 is 20.1 Å². The molecule has 14 heavy (non-hydrogen) atoms. The molecule has 0 heterocycles. The lowest BCUT2D eigenvalue weighted by atomic mass is 9.93. The zero-order chi connectivity index (χ0) is 10.9. The molecule has 76 valence electrons. The van der Waals surface area contributed by atoms with Crippen LogP contribution in [0.1, 0.15) is 12.5 Å². The van der Waals surface area contributed by atoms with Gasteiger partial charge in [-0.3, -0.25) is 0 Å². The maximum atomic E-state index is 10.8. The minimum Gasteiger partial charge on any atom is -0.508 e. The molecule has 1 unspecified atom stereocenters. The van der Waals surface area contributed by atoms with Crippen molar-refractivity contribution in [1.29, 1.82) is 0 Å². The highest BCUT2D eigenvalue weighted by Crippen LogP contribution is 2.27. The number of carboxylic acids is 1. The van der Waals surface area contributed by atoms with Crippen molar-refractivity contribution in [3.8, 4) is 11.5 Å². The van der Waals surface area contributed by atoms with Crippen LogP contribution in [0.3, 0.4) is 0 Å². The van der Waals surface area contributed by atoms with E-state index in [0.717, 1.165) is 6.07 Å². The zero-order valence-electron chi connectivity index (χ0n) is 7.56. The van der Waals surface area contributed by atoms with Gasteiger partial charge in [-0.15, -0.1) is 0 Å². The summed E-state index contributed by atoms with van der Waals surface area (Å²) in [5.74, 6) is -1.68. The first-order chi connectivity index (χ1) is 6.34. The van der Waals surface area contributed by atoms with Gasteiger partial charge in [0.15, 0.2) is 0 Å². The Kier molecular flexibility index (Phi) is 2.35. The lowest BCUT2D eigenvalue weighted by Gasteiger charge is -2.19. The number of hydrogen-bond donors (Lipinski definition) is 4. The molecule has 0 amide bonds. The van der Waals surface area contributed by atoms with Gasteiger partial charge in [-0.25, -0.2) is 4.79 Å². The Morgan fingerprint density at radius 3 is 2.07 bits per heavy atom. The van der Waals surface area contributed by atoms with E-state index in [2.05, 4.69) is 0 Å². The molecule has 0 fully saturated rings. The summed E-state index contributed by atoms with van der Waals surface area (Å²) >= 11 is 0. The second-order valence-electron chi connectivity index (χ2n) is 3.25. The summed E-state index contributed by atoms with van der Waals surface area (Å²) in [5, 5.41) is 27.0. The number of carboxylic acid groups (broad SMARTS) is 1. The summed E-state index contributed by atoms with van der Waals surface area (Å²) in [4.78, 5) is 10.8. The van der Waals surface area contributed by atoms with Gasteiger partial charge < -0.3 is 21.1 Å². The third kappa shape index (κ3) is 1.77. The van der Waals surface area contributed by atoms with Crippen molar-refractivity contribution in [1.82, 2.24) is 0 Å². The molecule has 1 aromatic carbocycles. The highest BCUT2D eigenvalue weighted by molar-refractivity contribution is 5.80. The third-order valence-electron chi connectivity index (χ3n) is 1.95. The molecule has 0 aliphatic carbocycles. The predicted molar refractivity (Wildman–Crippen MR) is 48.9 cm³/mol. The van der Waals surface area contributed by atoms with Crippen LogP contribution in [-0.4, -0.2) is 21.3 Å². The van der Waals surface area contributed by atoms with E-state index >= 15 is 0 Å². The quantitative estimate of drug-likeness (QED) is 0.548. The minimum atomic E-state index is -1.63. The zero-order valence-corrected chi connectivity index (χ0v) is 7.56. The van der Waals surface area contributed by atoms with Gasteiger partial charge in [0.05, 0.1) is 0 Å². The lowest BCUT2D eigenvalue weighted by molar-refractivity contribution is -0.143. The first-order valence-corrected chi connectivity index (χ1v) is 3.90. The maximum Gasteiger partial charge on any atom is 0.328 e. The number of carbonyl (C=O) groups is 1. The van der Waals surface area contributed by atoms with Gasteiger partial charge in [0, 0.05) is 6.07 Å². The summed E-state index contributed by atoms with van der Waals surface area (Å²) in [6.07, 6.45) is 0. The molecule has 0 aliphatic rings. The van der Waals surface area contributed by atoms with Crippen molar-refractivity contribution in [2.75, 3.05) is 0 Å². The van der Waals surface area contributed by atoms with E-state index in [1.165, 1.54) is 19.1 Å². The maximum absolute atomic E-state index is 10.8. The second kappa shape index (κ2) is 3.19. The molecule has 1 atom stereocenters. The largest absolute Gasteiger partial charge is 0.508 e. The highest BCUT2D eigenvalue weighted by Gasteiger charge is 2.30. The molecule has 5 nitrogen and oxygen atoms in total. The van der Waals surface area contributed by atoms with Crippen LogP contribution in [0.5, 0.6) is 11.5 Å². The van der Waals surface area contributed by atoms with E-state index in [9.17, 15) is 4.79 Å². The van der Waals surface area contributed by atoms with Gasteiger partial charge in [0.1, 0.15) is 17.0 Å². The molecule has 0 aromatic heterocycles. The van der Waals surface area contributed by atoms with Crippen LogP contribution in [0.15, 0.2) is 18.2 Å². The number of benzene rings is 1. The minimum absolute atomic E-state index is 0.141. The summed E-state index contributed by atoms with van der Waals surface area (Å²) in [6, 6.07) is 3.50. The molecule has 1 aromatic rings. The Morgan fingerprint density at radius 1 is 1.29 bits per heavy atom. The Labute approximate surface area is 80.4 Å². The van der Waals surface area contributed by atoms with Crippen LogP contribution in [0.2, 0.25) is 0 Å². The normalized spacial score (nSPS) is 14.7. The summed E-state index contributed by atoms with van der Waals surface area (Å²) < 4.78 is 0. The predicted octanol–water partition coefficient (Wildman–Crippen LogP) is 0.356. The Bertz CT molecular complexity index is 353. The van der Waals surface area contributed by atoms with Crippen molar-refractivity contribution in [3.05, 3.63) is 23.8 Å². The average Bonchev–Trinajstić information content (AvgIpc) is 2.01. The number of phenols is 2. The Balaban J connectivity index is 3.25. The van der Waals surface area contributed by atoms with Crippen molar-refractivity contribution in [2.45, 2.75) is 12.5 Å². The third-order valence-corrected chi connectivity index (χ3v) is 1.95. The molecule has 0 saturated carbocycles. The number of aromatic hydroxyl groups is 2. The number of hydrogen-bond acceptors (Lipinski definition) is 4. The molecule has 0 bridgehead atoms. The fourth-order valence-electron chi connectivity index (χ4n) is 1.02. The number of aliphatic carboxylic acids is 1. The van der Waals surface area contributed by atoms with E-state index in [1.807, 2.05) is 0 Å². The van der Waals surface area contributed by atoms with Gasteiger partial charge >= 0.3 is 5.97 Å². The summed E-state index contributed by atoms with van der Waals surface area (Å²) in [6.45, 7) is 1.28. The summed E-state index contributed by atoms with van der Waals surface area (Å²) in [5.41, 5.74) is 4.01. The summed E-state index contributed by atoms with van der Waals surface area (Å²) in [7, 11) is 0. The van der Waals surface area contributed by atoms with E-state index in [1.54, 1.807) is 0 Å². The molecule has 0 saturated heterocycles. The topological polar surface area (TPSA) is 104 Å². The monoisotopic (exact) mass is 197 g/mol. The standard InChI is InChI=1S/C9H11NO4/c1-9(10,8(13)14)5-2-6(11)4-7(12)3-5/h2-4,11-12H,10H2,1H3,(H,13,14). The lowest BCUT2D eigenvalue weighted by Crippen LogP contribution is -2.41. The molecular formula is C9H11NO4. The molecule has 5 N–H and O–H groups in total. The van der Waals surface area contributed by atoms with Crippen molar-refractivity contribution >= 4 is 5.97 Å². The number of rotatable bonds is 2. The first kappa shape index (κ1) is 10.3. The van der Waals surface area contributed by atoms with Crippen LogP contribution in [0.4, 0.5) is 0 Å². The van der Waals surface area contributed by atoms with E-state index in [4.69, 9.17) is 21.1 Å². The molecule has 0 aliphatic heterocycles.